The number of nitrogens with zero attached hydrogens (tertiary/aromatic N) is 2. The highest BCUT2D eigenvalue weighted by Crippen LogP contribution is 2.27. The van der Waals surface area contributed by atoms with Crippen LogP contribution in [0.1, 0.15) is 18.1 Å². The van der Waals surface area contributed by atoms with Gasteiger partial charge in [-0.2, -0.15) is 5.26 Å². The van der Waals surface area contributed by atoms with E-state index < -0.39 is 0 Å². The third-order valence-electron chi connectivity index (χ3n) is 4.52. The number of ether oxygens (including phenoxy) is 2. The lowest BCUT2D eigenvalue weighted by atomic mass is 10.1. The van der Waals surface area contributed by atoms with Gasteiger partial charge in [0.05, 0.1) is 31.9 Å². The highest BCUT2D eigenvalue weighted by atomic mass is 16.5. The zero-order valence-electron chi connectivity index (χ0n) is 16.2. The minimum absolute atomic E-state index is 0.0884. The second kappa shape index (κ2) is 9.60. The molecule has 1 N–H and O–H groups in total. The van der Waals surface area contributed by atoms with Crippen LogP contribution in [-0.2, 0) is 11.2 Å². The van der Waals surface area contributed by atoms with Gasteiger partial charge < -0.3 is 14.8 Å². The number of carbonyl (C=O) groups excluding carboxylic acids is 1. The van der Waals surface area contributed by atoms with Crippen LogP contribution in [-0.4, -0.2) is 44.7 Å². The van der Waals surface area contributed by atoms with E-state index in [1.807, 2.05) is 37.1 Å². The summed E-state index contributed by atoms with van der Waals surface area (Å²) in [6, 6.07) is 14.4. The van der Waals surface area contributed by atoms with Crippen LogP contribution in [0.15, 0.2) is 42.5 Å². The minimum atomic E-state index is -0.291. The molecule has 0 fully saturated rings. The Morgan fingerprint density at radius 1 is 1.15 bits per heavy atom. The summed E-state index contributed by atoms with van der Waals surface area (Å²) in [5.41, 5.74) is 2.35. The SMILES string of the molecule is COc1ccc(CCN(C)[C@@H](C)C(=O)Nc2ccc(C#N)cc2)cc1OC. The summed E-state index contributed by atoms with van der Waals surface area (Å²) in [6.45, 7) is 2.59. The molecule has 0 saturated carbocycles. The molecule has 2 rings (SSSR count). The van der Waals surface area contributed by atoms with Crippen molar-refractivity contribution in [1.29, 1.82) is 5.26 Å². The molecule has 2 aromatic carbocycles. The van der Waals surface area contributed by atoms with Crippen LogP contribution < -0.4 is 14.8 Å². The fraction of sp³-hybridized carbons (Fsp3) is 0.333. The first-order chi connectivity index (χ1) is 13.0. The van der Waals surface area contributed by atoms with Gasteiger partial charge in [-0.15, -0.1) is 0 Å². The Balaban J connectivity index is 1.91. The Kier molecular flexibility index (Phi) is 7.21. The quantitative estimate of drug-likeness (QED) is 0.776. The van der Waals surface area contributed by atoms with Crippen molar-refractivity contribution in [3.63, 3.8) is 0 Å². The summed E-state index contributed by atoms with van der Waals surface area (Å²) in [4.78, 5) is 14.4. The van der Waals surface area contributed by atoms with E-state index in [2.05, 4.69) is 11.4 Å². The highest BCUT2D eigenvalue weighted by molar-refractivity contribution is 5.94. The van der Waals surface area contributed by atoms with Gasteiger partial charge in [0.15, 0.2) is 11.5 Å². The Bertz CT molecular complexity index is 812. The van der Waals surface area contributed by atoms with Gasteiger partial charge in [0.25, 0.3) is 0 Å². The third-order valence-corrected chi connectivity index (χ3v) is 4.52. The molecule has 1 amide bonds. The summed E-state index contributed by atoms with van der Waals surface area (Å²) in [6.07, 6.45) is 0.783. The molecule has 0 saturated heterocycles. The molecule has 0 aliphatic heterocycles. The zero-order chi connectivity index (χ0) is 19.8. The lowest BCUT2D eigenvalue weighted by Crippen LogP contribution is -2.40. The number of anilines is 1. The van der Waals surface area contributed by atoms with E-state index >= 15 is 0 Å². The number of nitriles is 1. The van der Waals surface area contributed by atoms with Crippen molar-refractivity contribution < 1.29 is 14.3 Å². The number of rotatable bonds is 8. The molecule has 0 spiro atoms. The first-order valence-corrected chi connectivity index (χ1v) is 8.70. The Morgan fingerprint density at radius 3 is 2.41 bits per heavy atom. The van der Waals surface area contributed by atoms with E-state index in [-0.39, 0.29) is 11.9 Å². The third kappa shape index (κ3) is 5.47. The van der Waals surface area contributed by atoms with Crippen molar-refractivity contribution in [1.82, 2.24) is 4.90 Å². The van der Waals surface area contributed by atoms with Gasteiger partial charge in [-0.05, 0) is 62.4 Å². The molecule has 0 radical (unpaired) electrons. The maximum atomic E-state index is 12.4. The number of likely N-dealkylation sites (N-methyl/N-ethyl adjacent to an activating group) is 1. The summed E-state index contributed by atoms with van der Waals surface area (Å²) in [5.74, 6) is 1.31. The van der Waals surface area contributed by atoms with E-state index in [1.165, 1.54) is 0 Å². The van der Waals surface area contributed by atoms with Gasteiger partial charge in [0.2, 0.25) is 5.91 Å². The lowest BCUT2D eigenvalue weighted by Gasteiger charge is -2.24. The first-order valence-electron chi connectivity index (χ1n) is 8.70. The fourth-order valence-corrected chi connectivity index (χ4v) is 2.61. The number of nitrogens with one attached hydrogen (secondary N) is 1. The van der Waals surface area contributed by atoms with E-state index in [0.29, 0.717) is 22.7 Å². The summed E-state index contributed by atoms with van der Waals surface area (Å²) < 4.78 is 10.6. The predicted octanol–water partition coefficient (Wildman–Crippen LogP) is 3.08. The topological polar surface area (TPSA) is 74.6 Å². The van der Waals surface area contributed by atoms with Crippen molar-refractivity contribution in [2.24, 2.45) is 0 Å². The number of hydrogen-bond donors (Lipinski definition) is 1. The van der Waals surface area contributed by atoms with Gasteiger partial charge in [0.1, 0.15) is 0 Å². The van der Waals surface area contributed by atoms with E-state index in [9.17, 15) is 4.79 Å². The van der Waals surface area contributed by atoms with E-state index in [4.69, 9.17) is 14.7 Å². The number of methoxy groups -OCH3 is 2. The average Bonchev–Trinajstić information content (AvgIpc) is 2.71. The minimum Gasteiger partial charge on any atom is -0.493 e. The van der Waals surface area contributed by atoms with Crippen LogP contribution in [0, 0.1) is 11.3 Å². The second-order valence-corrected chi connectivity index (χ2v) is 6.27. The van der Waals surface area contributed by atoms with Crippen molar-refractivity contribution in [2.45, 2.75) is 19.4 Å². The molecule has 2 aromatic rings. The predicted molar refractivity (Wildman–Crippen MR) is 105 cm³/mol. The summed E-state index contributed by atoms with van der Waals surface area (Å²) in [5, 5.41) is 11.7. The number of amides is 1. The maximum Gasteiger partial charge on any atom is 0.241 e. The zero-order valence-corrected chi connectivity index (χ0v) is 16.2. The van der Waals surface area contributed by atoms with Crippen molar-refractivity contribution in [2.75, 3.05) is 33.1 Å². The molecule has 0 aromatic heterocycles. The molecule has 0 unspecified atom stereocenters. The molecule has 6 nitrogen and oxygen atoms in total. The van der Waals surface area contributed by atoms with E-state index in [0.717, 1.165) is 18.5 Å². The molecule has 1 atom stereocenters. The van der Waals surface area contributed by atoms with Gasteiger partial charge >= 0.3 is 0 Å². The molecule has 27 heavy (non-hydrogen) atoms. The van der Waals surface area contributed by atoms with Crippen LogP contribution in [0.25, 0.3) is 0 Å². The molecular weight excluding hydrogens is 342 g/mol. The van der Waals surface area contributed by atoms with Crippen LogP contribution in [0.5, 0.6) is 11.5 Å². The molecule has 0 heterocycles. The lowest BCUT2D eigenvalue weighted by molar-refractivity contribution is -0.120. The van der Waals surface area contributed by atoms with Gasteiger partial charge in [-0.25, -0.2) is 0 Å². The molecule has 6 heteroatoms. The monoisotopic (exact) mass is 367 g/mol. The Morgan fingerprint density at radius 2 is 1.81 bits per heavy atom. The Hall–Kier alpha value is -3.04. The molecule has 0 aliphatic rings. The summed E-state index contributed by atoms with van der Waals surface area (Å²) in [7, 11) is 5.15. The fourth-order valence-electron chi connectivity index (χ4n) is 2.61. The number of hydrogen-bond acceptors (Lipinski definition) is 5. The number of carbonyl (C=O) groups is 1. The standard InChI is InChI=1S/C21H25N3O3/c1-15(21(25)23-18-8-5-17(14-22)6-9-18)24(2)12-11-16-7-10-19(26-3)20(13-16)27-4/h5-10,13,15H,11-12H2,1-4H3,(H,23,25)/t15-/m0/s1. The van der Waals surface area contributed by atoms with E-state index in [1.54, 1.807) is 38.5 Å². The van der Waals surface area contributed by atoms with Crippen LogP contribution in [0.2, 0.25) is 0 Å². The Labute approximate surface area is 160 Å². The van der Waals surface area contributed by atoms with Crippen LogP contribution in [0.3, 0.4) is 0 Å². The molecule has 0 aliphatic carbocycles. The summed E-state index contributed by atoms with van der Waals surface area (Å²) >= 11 is 0. The van der Waals surface area contributed by atoms with Gasteiger partial charge in [-0.3, -0.25) is 9.69 Å². The smallest absolute Gasteiger partial charge is 0.241 e. The molecule has 142 valence electrons. The van der Waals surface area contributed by atoms with Crippen molar-refractivity contribution >= 4 is 11.6 Å². The number of benzene rings is 2. The van der Waals surface area contributed by atoms with Crippen molar-refractivity contribution in [3.05, 3.63) is 53.6 Å². The van der Waals surface area contributed by atoms with Crippen LogP contribution >= 0.6 is 0 Å². The van der Waals surface area contributed by atoms with Gasteiger partial charge in [0, 0.05) is 12.2 Å². The highest BCUT2D eigenvalue weighted by Gasteiger charge is 2.18. The normalized spacial score (nSPS) is 11.6. The van der Waals surface area contributed by atoms with Crippen molar-refractivity contribution in [3.8, 4) is 17.6 Å². The molecular formula is C21H25N3O3. The maximum absolute atomic E-state index is 12.4. The average molecular weight is 367 g/mol. The largest absolute Gasteiger partial charge is 0.493 e. The van der Waals surface area contributed by atoms with Crippen LogP contribution in [0.4, 0.5) is 5.69 Å². The first kappa shape index (κ1) is 20.3. The molecule has 0 bridgehead atoms. The second-order valence-electron chi connectivity index (χ2n) is 6.27. The van der Waals surface area contributed by atoms with Gasteiger partial charge in [-0.1, -0.05) is 6.07 Å².